The van der Waals surface area contributed by atoms with Gasteiger partial charge in [0.2, 0.25) is 0 Å². The standard InChI is InChI=1S/C20H16N6O2/c27-19-11-10-18(24-26(19)17-4-2-1-3-5-17)20(28)23-16-8-6-15(7-9-16)12-25-14-21-13-22-25/h1-11,13-14H,12H2,(H,23,28). The third kappa shape index (κ3) is 3.85. The second-order valence-electron chi connectivity index (χ2n) is 6.05. The first-order valence-electron chi connectivity index (χ1n) is 8.57. The first kappa shape index (κ1) is 17.3. The van der Waals surface area contributed by atoms with Gasteiger partial charge in [0.15, 0.2) is 0 Å². The smallest absolute Gasteiger partial charge is 0.276 e. The number of carbonyl (C=O) groups is 1. The van der Waals surface area contributed by atoms with Gasteiger partial charge in [-0.1, -0.05) is 30.3 Å². The quantitative estimate of drug-likeness (QED) is 0.579. The molecule has 8 nitrogen and oxygen atoms in total. The third-order valence-electron chi connectivity index (χ3n) is 4.06. The number of carbonyl (C=O) groups excluding carboxylic acids is 1. The Morgan fingerprint density at radius 2 is 1.75 bits per heavy atom. The molecule has 2 aromatic carbocycles. The van der Waals surface area contributed by atoms with Gasteiger partial charge in [-0.15, -0.1) is 0 Å². The molecule has 1 N–H and O–H groups in total. The molecule has 0 unspecified atom stereocenters. The Kier molecular flexibility index (Phi) is 4.75. The lowest BCUT2D eigenvalue weighted by Crippen LogP contribution is -2.24. The van der Waals surface area contributed by atoms with E-state index in [4.69, 9.17) is 0 Å². The van der Waals surface area contributed by atoms with Crippen molar-refractivity contribution in [2.24, 2.45) is 0 Å². The van der Waals surface area contributed by atoms with E-state index in [1.807, 2.05) is 18.2 Å². The number of nitrogens with zero attached hydrogens (tertiary/aromatic N) is 5. The maximum absolute atomic E-state index is 12.5. The molecular weight excluding hydrogens is 356 g/mol. The van der Waals surface area contributed by atoms with Crippen LogP contribution < -0.4 is 10.9 Å². The molecule has 0 saturated carbocycles. The van der Waals surface area contributed by atoms with Crippen molar-refractivity contribution in [2.75, 3.05) is 5.32 Å². The molecule has 0 fully saturated rings. The van der Waals surface area contributed by atoms with Crippen LogP contribution in [0.3, 0.4) is 0 Å². The molecular formula is C20H16N6O2. The van der Waals surface area contributed by atoms with Crippen LogP contribution in [0.5, 0.6) is 0 Å². The van der Waals surface area contributed by atoms with Crippen LogP contribution in [0, 0.1) is 0 Å². The molecule has 0 bridgehead atoms. The number of nitrogens with one attached hydrogen (secondary N) is 1. The van der Waals surface area contributed by atoms with Gasteiger partial charge in [0.25, 0.3) is 11.5 Å². The van der Waals surface area contributed by atoms with Gasteiger partial charge in [0, 0.05) is 11.8 Å². The highest BCUT2D eigenvalue weighted by Crippen LogP contribution is 2.12. The van der Waals surface area contributed by atoms with Crippen molar-refractivity contribution in [3.8, 4) is 5.69 Å². The van der Waals surface area contributed by atoms with E-state index < -0.39 is 5.91 Å². The van der Waals surface area contributed by atoms with Gasteiger partial charge in [-0.2, -0.15) is 14.9 Å². The number of benzene rings is 2. The van der Waals surface area contributed by atoms with Crippen molar-refractivity contribution in [3.05, 3.63) is 101 Å². The summed E-state index contributed by atoms with van der Waals surface area (Å²) in [6.07, 6.45) is 3.12. The molecule has 4 aromatic rings. The molecule has 0 aliphatic carbocycles. The molecule has 2 aromatic heterocycles. The second kappa shape index (κ2) is 7.67. The van der Waals surface area contributed by atoms with Gasteiger partial charge >= 0.3 is 0 Å². The maximum Gasteiger partial charge on any atom is 0.276 e. The summed E-state index contributed by atoms with van der Waals surface area (Å²) in [6, 6.07) is 19.1. The Morgan fingerprint density at radius 1 is 0.964 bits per heavy atom. The summed E-state index contributed by atoms with van der Waals surface area (Å²) in [4.78, 5) is 28.5. The minimum absolute atomic E-state index is 0.148. The number of rotatable bonds is 5. The van der Waals surface area contributed by atoms with Crippen molar-refractivity contribution < 1.29 is 4.79 Å². The highest BCUT2D eigenvalue weighted by atomic mass is 16.2. The van der Waals surface area contributed by atoms with E-state index >= 15 is 0 Å². The lowest BCUT2D eigenvalue weighted by atomic mass is 10.2. The molecule has 8 heteroatoms. The van der Waals surface area contributed by atoms with E-state index in [1.165, 1.54) is 23.1 Å². The van der Waals surface area contributed by atoms with E-state index in [-0.39, 0.29) is 11.3 Å². The molecule has 0 spiro atoms. The van der Waals surface area contributed by atoms with Crippen LogP contribution in [-0.2, 0) is 6.54 Å². The third-order valence-corrected chi connectivity index (χ3v) is 4.06. The number of hydrogen-bond donors (Lipinski definition) is 1. The molecule has 1 amide bonds. The highest BCUT2D eigenvalue weighted by Gasteiger charge is 2.11. The number of amides is 1. The average Bonchev–Trinajstić information content (AvgIpc) is 3.23. The molecule has 28 heavy (non-hydrogen) atoms. The van der Waals surface area contributed by atoms with Crippen molar-refractivity contribution in [1.82, 2.24) is 24.5 Å². The van der Waals surface area contributed by atoms with E-state index in [0.717, 1.165) is 5.56 Å². The summed E-state index contributed by atoms with van der Waals surface area (Å²) in [5.41, 5.74) is 2.10. The van der Waals surface area contributed by atoms with Crippen LogP contribution >= 0.6 is 0 Å². The largest absolute Gasteiger partial charge is 0.321 e. The summed E-state index contributed by atoms with van der Waals surface area (Å²) in [5, 5.41) is 11.0. The number of aromatic nitrogens is 5. The zero-order valence-corrected chi connectivity index (χ0v) is 14.8. The SMILES string of the molecule is O=C(Nc1ccc(Cn2cncn2)cc1)c1ccc(=O)n(-c2ccccc2)n1. The first-order valence-corrected chi connectivity index (χ1v) is 8.57. The van der Waals surface area contributed by atoms with Crippen molar-refractivity contribution in [1.29, 1.82) is 0 Å². The summed E-state index contributed by atoms with van der Waals surface area (Å²) >= 11 is 0. The van der Waals surface area contributed by atoms with Crippen LogP contribution in [0.1, 0.15) is 16.1 Å². The van der Waals surface area contributed by atoms with E-state index in [0.29, 0.717) is 17.9 Å². The topological polar surface area (TPSA) is 94.7 Å². The molecule has 0 radical (unpaired) electrons. The Balaban J connectivity index is 1.50. The predicted molar refractivity (Wildman–Crippen MR) is 103 cm³/mol. The Morgan fingerprint density at radius 3 is 2.46 bits per heavy atom. The number of para-hydroxylation sites is 1. The van der Waals surface area contributed by atoms with Gasteiger partial charge in [0.05, 0.1) is 12.2 Å². The number of hydrogen-bond acceptors (Lipinski definition) is 5. The maximum atomic E-state index is 12.5. The Labute approximate surface area is 160 Å². The van der Waals surface area contributed by atoms with E-state index in [2.05, 4.69) is 20.5 Å². The minimum atomic E-state index is -0.395. The average molecular weight is 372 g/mol. The second-order valence-corrected chi connectivity index (χ2v) is 6.05. The number of anilines is 1. The van der Waals surface area contributed by atoms with E-state index in [9.17, 15) is 9.59 Å². The van der Waals surface area contributed by atoms with Crippen LogP contribution in [0.4, 0.5) is 5.69 Å². The van der Waals surface area contributed by atoms with Crippen LogP contribution in [0.25, 0.3) is 5.69 Å². The van der Waals surface area contributed by atoms with Gasteiger partial charge in [0.1, 0.15) is 18.3 Å². The zero-order valence-electron chi connectivity index (χ0n) is 14.8. The molecule has 0 atom stereocenters. The van der Waals surface area contributed by atoms with Gasteiger partial charge in [-0.3, -0.25) is 9.59 Å². The fraction of sp³-hybridized carbons (Fsp3) is 0.0500. The molecule has 138 valence electrons. The lowest BCUT2D eigenvalue weighted by Gasteiger charge is -2.08. The molecule has 0 aliphatic heterocycles. The fourth-order valence-corrected chi connectivity index (χ4v) is 2.68. The van der Waals surface area contributed by atoms with E-state index in [1.54, 1.807) is 47.4 Å². The Bertz CT molecular complexity index is 1140. The Hall–Kier alpha value is -4.07. The summed E-state index contributed by atoms with van der Waals surface area (Å²) in [6.45, 7) is 0.595. The fourth-order valence-electron chi connectivity index (χ4n) is 2.68. The van der Waals surface area contributed by atoms with Crippen LogP contribution in [-0.4, -0.2) is 30.5 Å². The highest BCUT2D eigenvalue weighted by molar-refractivity contribution is 6.02. The molecule has 0 aliphatic rings. The normalized spacial score (nSPS) is 10.6. The monoisotopic (exact) mass is 372 g/mol. The van der Waals surface area contributed by atoms with Crippen LogP contribution in [0.2, 0.25) is 0 Å². The summed E-state index contributed by atoms with van der Waals surface area (Å²) in [7, 11) is 0. The lowest BCUT2D eigenvalue weighted by molar-refractivity contribution is 0.102. The van der Waals surface area contributed by atoms with Crippen molar-refractivity contribution in [2.45, 2.75) is 6.54 Å². The first-order chi connectivity index (χ1) is 13.7. The van der Waals surface area contributed by atoms with Crippen LogP contribution in [0.15, 0.2) is 84.2 Å². The van der Waals surface area contributed by atoms with Crippen molar-refractivity contribution in [3.63, 3.8) is 0 Å². The zero-order chi connectivity index (χ0) is 19.3. The van der Waals surface area contributed by atoms with Gasteiger partial charge in [-0.25, -0.2) is 9.67 Å². The molecule has 2 heterocycles. The summed E-state index contributed by atoms with van der Waals surface area (Å²) in [5.74, 6) is -0.395. The van der Waals surface area contributed by atoms with Crippen molar-refractivity contribution >= 4 is 11.6 Å². The molecule has 0 saturated heterocycles. The van der Waals surface area contributed by atoms with Gasteiger partial charge in [-0.05, 0) is 35.9 Å². The van der Waals surface area contributed by atoms with Gasteiger partial charge < -0.3 is 5.32 Å². The summed E-state index contributed by atoms with van der Waals surface area (Å²) < 4.78 is 2.92. The minimum Gasteiger partial charge on any atom is -0.321 e. The predicted octanol–water partition coefficient (Wildman–Crippen LogP) is 2.12. The molecule has 4 rings (SSSR count).